The normalized spacial score (nSPS) is 18.1. The van der Waals surface area contributed by atoms with Crippen molar-refractivity contribution in [3.8, 4) is 5.69 Å². The summed E-state index contributed by atoms with van der Waals surface area (Å²) in [4.78, 5) is 4.99. The molecule has 0 spiro atoms. The standard InChI is InChI=1S/C23H20FN4OPS/c1-15-9-14-20(29-15)30(31)21-16(2)26-28(19-7-5-4-6-8-19)23(21)25-22(27(30)3)17-10-12-18(24)13-11-17/h4-14H,1-3H3. The van der Waals surface area contributed by atoms with Gasteiger partial charge in [0.1, 0.15) is 23.6 Å². The smallest absolute Gasteiger partial charge is 0.168 e. The van der Waals surface area contributed by atoms with Gasteiger partial charge in [-0.3, -0.25) is 0 Å². The third kappa shape index (κ3) is 3.08. The molecular formula is C23H20FN4OPS. The first-order chi connectivity index (χ1) is 14.9. The molecule has 0 radical (unpaired) electrons. The van der Waals surface area contributed by atoms with E-state index in [1.54, 1.807) is 12.1 Å². The molecule has 2 aromatic heterocycles. The van der Waals surface area contributed by atoms with Crippen LogP contribution in [0.3, 0.4) is 0 Å². The highest BCUT2D eigenvalue weighted by Crippen LogP contribution is 2.54. The Hall–Kier alpha value is -3.02. The van der Waals surface area contributed by atoms with Crippen LogP contribution < -0.4 is 10.8 Å². The number of fused-ring (bicyclic) bond motifs is 1. The van der Waals surface area contributed by atoms with E-state index < -0.39 is 6.19 Å². The second-order valence-corrected chi connectivity index (χ2v) is 11.7. The predicted octanol–water partition coefficient (Wildman–Crippen LogP) is 4.59. The highest BCUT2D eigenvalue weighted by atomic mass is 32.4. The van der Waals surface area contributed by atoms with Crippen LogP contribution in [0.2, 0.25) is 0 Å². The van der Waals surface area contributed by atoms with Crippen molar-refractivity contribution in [3.63, 3.8) is 0 Å². The molecule has 0 bridgehead atoms. The Kier molecular flexibility index (Phi) is 4.68. The summed E-state index contributed by atoms with van der Waals surface area (Å²) >= 11 is 6.40. The molecule has 0 fully saturated rings. The minimum absolute atomic E-state index is 0.297. The molecule has 0 saturated carbocycles. The fourth-order valence-corrected chi connectivity index (χ4v) is 7.71. The molecule has 1 unspecified atom stereocenters. The van der Waals surface area contributed by atoms with Crippen LogP contribution in [0.15, 0.2) is 76.1 Å². The molecule has 31 heavy (non-hydrogen) atoms. The summed E-state index contributed by atoms with van der Waals surface area (Å²) in [5.41, 5.74) is 3.24. The first kappa shape index (κ1) is 19.9. The van der Waals surface area contributed by atoms with Gasteiger partial charge in [0.25, 0.3) is 0 Å². The molecule has 3 heterocycles. The molecule has 0 amide bonds. The molecule has 1 aliphatic heterocycles. The summed E-state index contributed by atoms with van der Waals surface area (Å²) in [6.07, 6.45) is -2.60. The number of hydrogen-bond acceptors (Lipinski definition) is 4. The summed E-state index contributed by atoms with van der Waals surface area (Å²) in [6, 6.07) is 20.0. The SMILES string of the molecule is Cc1ccc(P2(=S)c3c(C)nn(-c4ccccc4)c3N=C(c3ccc(F)cc3)N2C)o1. The zero-order chi connectivity index (χ0) is 21.8. The number of benzene rings is 2. The molecule has 8 heteroatoms. The van der Waals surface area contributed by atoms with Crippen LogP contribution >= 0.6 is 6.19 Å². The van der Waals surface area contributed by atoms with Gasteiger partial charge in [-0.05, 0) is 62.4 Å². The fourth-order valence-electron chi connectivity index (χ4n) is 3.86. The minimum atomic E-state index is -2.60. The second kappa shape index (κ2) is 7.29. The number of furan rings is 1. The molecule has 1 atom stereocenters. The van der Waals surface area contributed by atoms with Crippen LogP contribution in [-0.2, 0) is 11.8 Å². The van der Waals surface area contributed by atoms with Gasteiger partial charge < -0.3 is 9.09 Å². The average molecular weight is 450 g/mol. The van der Waals surface area contributed by atoms with Gasteiger partial charge >= 0.3 is 0 Å². The number of halogens is 1. The van der Waals surface area contributed by atoms with Gasteiger partial charge in [-0.1, -0.05) is 30.0 Å². The van der Waals surface area contributed by atoms with E-state index in [-0.39, 0.29) is 5.82 Å². The van der Waals surface area contributed by atoms with Crippen molar-refractivity contribution in [2.45, 2.75) is 13.8 Å². The molecule has 5 rings (SSSR count). The molecular weight excluding hydrogens is 430 g/mol. The fraction of sp³-hybridized carbons (Fsp3) is 0.130. The van der Waals surface area contributed by atoms with Gasteiger partial charge in [0.15, 0.2) is 11.3 Å². The molecule has 0 N–H and O–H groups in total. The van der Waals surface area contributed by atoms with E-state index in [0.717, 1.165) is 33.5 Å². The van der Waals surface area contributed by atoms with E-state index in [2.05, 4.69) is 0 Å². The van der Waals surface area contributed by atoms with Crippen molar-refractivity contribution < 1.29 is 8.81 Å². The number of para-hydroxylation sites is 1. The van der Waals surface area contributed by atoms with E-state index in [4.69, 9.17) is 26.3 Å². The predicted molar refractivity (Wildman–Crippen MR) is 126 cm³/mol. The number of aromatic nitrogens is 2. The van der Waals surface area contributed by atoms with Gasteiger partial charge in [-0.25, -0.2) is 14.1 Å². The summed E-state index contributed by atoms with van der Waals surface area (Å²) < 4.78 is 23.5. The molecule has 156 valence electrons. The lowest BCUT2D eigenvalue weighted by atomic mass is 10.2. The first-order valence-electron chi connectivity index (χ1n) is 9.81. The first-order valence-corrected chi connectivity index (χ1v) is 12.6. The van der Waals surface area contributed by atoms with Crippen molar-refractivity contribution >= 4 is 40.5 Å². The molecule has 2 aromatic carbocycles. The number of hydrogen-bond donors (Lipinski definition) is 0. The van der Waals surface area contributed by atoms with Crippen LogP contribution in [0.25, 0.3) is 5.69 Å². The highest BCUT2D eigenvalue weighted by Gasteiger charge is 2.42. The van der Waals surface area contributed by atoms with Crippen molar-refractivity contribution in [2.24, 2.45) is 4.99 Å². The van der Waals surface area contributed by atoms with Crippen LogP contribution in [-0.4, -0.2) is 27.3 Å². The zero-order valence-corrected chi connectivity index (χ0v) is 19.0. The zero-order valence-electron chi connectivity index (χ0n) is 17.3. The third-order valence-corrected chi connectivity index (χ3v) is 10.2. The number of aliphatic imine (C=N–C) groups is 1. The maximum atomic E-state index is 13.6. The molecule has 0 saturated heterocycles. The average Bonchev–Trinajstić information content (AvgIpc) is 3.36. The topological polar surface area (TPSA) is 46.6 Å². The van der Waals surface area contributed by atoms with Crippen molar-refractivity contribution in [2.75, 3.05) is 7.05 Å². The molecule has 1 aliphatic rings. The Balaban J connectivity index is 1.83. The maximum Gasteiger partial charge on any atom is 0.168 e. The van der Waals surface area contributed by atoms with Crippen LogP contribution in [0, 0.1) is 19.7 Å². The lowest BCUT2D eigenvalue weighted by Gasteiger charge is -2.36. The molecule has 4 aromatic rings. The minimum Gasteiger partial charge on any atom is -0.459 e. The Labute approximate surface area is 184 Å². The van der Waals surface area contributed by atoms with Gasteiger partial charge in [0.05, 0.1) is 16.7 Å². The van der Waals surface area contributed by atoms with Gasteiger partial charge in [0.2, 0.25) is 0 Å². The number of amidine groups is 1. The maximum absolute atomic E-state index is 13.6. The molecule has 0 aliphatic carbocycles. The highest BCUT2D eigenvalue weighted by molar-refractivity contribution is 8.21. The van der Waals surface area contributed by atoms with E-state index in [1.807, 2.05) is 72.7 Å². The number of rotatable bonds is 3. The quantitative estimate of drug-likeness (QED) is 0.429. The van der Waals surface area contributed by atoms with Crippen molar-refractivity contribution in [1.82, 2.24) is 14.5 Å². The number of aryl methyl sites for hydroxylation is 2. The second-order valence-electron chi connectivity index (χ2n) is 7.43. The monoisotopic (exact) mass is 450 g/mol. The third-order valence-electron chi connectivity index (χ3n) is 5.38. The lowest BCUT2D eigenvalue weighted by molar-refractivity contribution is 0.563. The molecule has 5 nitrogen and oxygen atoms in total. The Morgan fingerprint density at radius 3 is 2.32 bits per heavy atom. The van der Waals surface area contributed by atoms with Gasteiger partial charge in [-0.2, -0.15) is 5.10 Å². The van der Waals surface area contributed by atoms with Crippen LogP contribution in [0.5, 0.6) is 0 Å². The van der Waals surface area contributed by atoms with Crippen molar-refractivity contribution in [1.29, 1.82) is 0 Å². The van der Waals surface area contributed by atoms with Crippen LogP contribution in [0.4, 0.5) is 10.2 Å². The van der Waals surface area contributed by atoms with E-state index in [0.29, 0.717) is 11.7 Å². The largest absolute Gasteiger partial charge is 0.459 e. The number of nitrogens with zero attached hydrogens (tertiary/aromatic N) is 4. The Bertz CT molecular complexity index is 1360. The summed E-state index contributed by atoms with van der Waals surface area (Å²) in [5.74, 6) is 1.86. The summed E-state index contributed by atoms with van der Waals surface area (Å²) in [7, 11) is 1.93. The van der Waals surface area contributed by atoms with Crippen LogP contribution in [0.1, 0.15) is 17.0 Å². The van der Waals surface area contributed by atoms with Gasteiger partial charge in [0, 0.05) is 12.6 Å². The summed E-state index contributed by atoms with van der Waals surface area (Å²) in [6.45, 7) is 3.87. The van der Waals surface area contributed by atoms with E-state index in [1.165, 1.54) is 12.1 Å². The van der Waals surface area contributed by atoms with E-state index >= 15 is 0 Å². The van der Waals surface area contributed by atoms with Crippen molar-refractivity contribution in [3.05, 3.63) is 89.6 Å². The van der Waals surface area contributed by atoms with E-state index in [9.17, 15) is 4.39 Å². The summed E-state index contributed by atoms with van der Waals surface area (Å²) in [5, 5.41) is 5.72. The Morgan fingerprint density at radius 1 is 0.968 bits per heavy atom. The van der Waals surface area contributed by atoms with Gasteiger partial charge in [-0.15, -0.1) is 0 Å². The Morgan fingerprint density at radius 2 is 1.68 bits per heavy atom. The lowest BCUT2D eigenvalue weighted by Crippen LogP contribution is -2.37.